The Balaban J connectivity index is 2.22. The van der Waals surface area contributed by atoms with Crippen molar-refractivity contribution in [2.75, 3.05) is 0 Å². The number of fused-ring (bicyclic) bond motifs is 1. The largest absolute Gasteiger partial charge is 0.326 e. The van der Waals surface area contributed by atoms with Gasteiger partial charge in [0, 0.05) is 18.0 Å². The molecule has 3 nitrogen and oxygen atoms in total. The lowest BCUT2D eigenvalue weighted by Crippen LogP contribution is -2.26. The first-order valence-electron chi connectivity index (χ1n) is 8.13. The number of benzene rings is 1. The first-order valence-corrected chi connectivity index (χ1v) is 8.13. The third-order valence-corrected chi connectivity index (χ3v) is 4.84. The zero-order chi connectivity index (χ0) is 15.2. The van der Waals surface area contributed by atoms with E-state index in [1.165, 1.54) is 30.6 Å². The summed E-state index contributed by atoms with van der Waals surface area (Å²) < 4.78 is 2.45. The predicted octanol–water partition coefficient (Wildman–Crippen LogP) is 4.15. The smallest absolute Gasteiger partial charge is 0.113 e. The van der Waals surface area contributed by atoms with Crippen LogP contribution in [0.3, 0.4) is 0 Å². The number of imidazole rings is 1. The van der Waals surface area contributed by atoms with E-state index in [0.717, 1.165) is 17.0 Å². The molecular weight excluding hydrogens is 258 g/mol. The number of hydrogen-bond donors (Lipinski definition) is 1. The van der Waals surface area contributed by atoms with E-state index in [9.17, 15) is 0 Å². The molecule has 3 rings (SSSR count). The number of aromatic nitrogens is 2. The minimum Gasteiger partial charge on any atom is -0.326 e. The summed E-state index contributed by atoms with van der Waals surface area (Å²) in [7, 11) is 0. The molecule has 1 aromatic carbocycles. The van der Waals surface area contributed by atoms with Gasteiger partial charge in [-0.25, -0.2) is 4.98 Å². The van der Waals surface area contributed by atoms with Crippen molar-refractivity contribution in [3.8, 4) is 0 Å². The third-order valence-electron chi connectivity index (χ3n) is 4.84. The quantitative estimate of drug-likeness (QED) is 0.900. The molecular formula is C18H27N3. The van der Waals surface area contributed by atoms with E-state index in [1.807, 2.05) is 0 Å². The van der Waals surface area contributed by atoms with Crippen molar-refractivity contribution in [3.63, 3.8) is 0 Å². The second-order valence-electron chi connectivity index (χ2n) is 7.52. The number of rotatable bonds is 2. The van der Waals surface area contributed by atoms with E-state index in [0.29, 0.717) is 12.5 Å². The lowest BCUT2D eigenvalue weighted by molar-refractivity contribution is 0.369. The van der Waals surface area contributed by atoms with Crippen LogP contribution in [0, 0.1) is 5.92 Å². The van der Waals surface area contributed by atoms with Crippen molar-refractivity contribution in [2.24, 2.45) is 11.7 Å². The Morgan fingerprint density at radius 2 is 2.05 bits per heavy atom. The Kier molecular flexibility index (Phi) is 3.56. The molecule has 2 aromatic rings. The van der Waals surface area contributed by atoms with Crippen LogP contribution in [0.15, 0.2) is 18.2 Å². The van der Waals surface area contributed by atoms with Gasteiger partial charge < -0.3 is 10.3 Å². The standard InChI is InChI=1S/C18H27N3/c1-12-6-5-7-14(12)17-20-15-10-13(11-19)8-9-16(15)21(17)18(2,3)4/h8-10,12,14H,5-7,11,19H2,1-4H3. The molecule has 1 heterocycles. The van der Waals surface area contributed by atoms with Crippen LogP contribution in [0.1, 0.15) is 64.3 Å². The van der Waals surface area contributed by atoms with Gasteiger partial charge in [0.1, 0.15) is 5.82 Å². The van der Waals surface area contributed by atoms with E-state index in [1.54, 1.807) is 0 Å². The molecule has 0 spiro atoms. The van der Waals surface area contributed by atoms with Crippen LogP contribution in [0.25, 0.3) is 11.0 Å². The summed E-state index contributed by atoms with van der Waals surface area (Å²) in [4.78, 5) is 5.03. The molecule has 0 radical (unpaired) electrons. The Morgan fingerprint density at radius 1 is 1.29 bits per heavy atom. The fraction of sp³-hybridized carbons (Fsp3) is 0.611. The summed E-state index contributed by atoms with van der Waals surface area (Å²) in [5.41, 5.74) is 9.34. The fourth-order valence-corrected chi connectivity index (χ4v) is 3.75. The molecule has 2 unspecified atom stereocenters. The molecule has 0 bridgehead atoms. The SMILES string of the molecule is CC1CCCC1c1nc2cc(CN)ccc2n1C(C)(C)C. The highest BCUT2D eigenvalue weighted by Crippen LogP contribution is 2.41. The molecule has 0 aliphatic heterocycles. The second-order valence-corrected chi connectivity index (χ2v) is 7.52. The zero-order valence-electron chi connectivity index (χ0n) is 13.7. The monoisotopic (exact) mass is 285 g/mol. The van der Waals surface area contributed by atoms with Gasteiger partial charge in [0.2, 0.25) is 0 Å². The van der Waals surface area contributed by atoms with Crippen LogP contribution in [0.2, 0.25) is 0 Å². The molecule has 114 valence electrons. The molecule has 2 N–H and O–H groups in total. The van der Waals surface area contributed by atoms with Crippen molar-refractivity contribution >= 4 is 11.0 Å². The molecule has 1 aliphatic rings. The lowest BCUT2D eigenvalue weighted by atomic mass is 9.96. The lowest BCUT2D eigenvalue weighted by Gasteiger charge is -2.28. The van der Waals surface area contributed by atoms with Gasteiger partial charge >= 0.3 is 0 Å². The van der Waals surface area contributed by atoms with Crippen molar-refractivity contribution in [1.82, 2.24) is 9.55 Å². The number of hydrogen-bond acceptors (Lipinski definition) is 2. The summed E-state index contributed by atoms with van der Waals surface area (Å²) in [6.45, 7) is 9.76. The second kappa shape index (κ2) is 5.13. The van der Waals surface area contributed by atoms with E-state index >= 15 is 0 Å². The molecule has 1 aromatic heterocycles. The van der Waals surface area contributed by atoms with Gasteiger partial charge in [0.15, 0.2) is 0 Å². The third kappa shape index (κ3) is 2.48. The molecule has 2 atom stereocenters. The highest BCUT2D eigenvalue weighted by Gasteiger charge is 2.32. The van der Waals surface area contributed by atoms with Crippen LogP contribution in [-0.2, 0) is 12.1 Å². The maximum absolute atomic E-state index is 5.78. The highest BCUT2D eigenvalue weighted by atomic mass is 15.1. The van der Waals surface area contributed by atoms with E-state index in [4.69, 9.17) is 10.7 Å². The van der Waals surface area contributed by atoms with Crippen LogP contribution < -0.4 is 5.73 Å². The van der Waals surface area contributed by atoms with Crippen LogP contribution in [0.4, 0.5) is 0 Å². The molecule has 3 heteroatoms. The minimum atomic E-state index is 0.0522. The predicted molar refractivity (Wildman–Crippen MR) is 88.4 cm³/mol. The zero-order valence-corrected chi connectivity index (χ0v) is 13.7. The number of nitrogens with zero attached hydrogens (tertiary/aromatic N) is 2. The average molecular weight is 285 g/mol. The topological polar surface area (TPSA) is 43.8 Å². The number of nitrogens with two attached hydrogens (primary N) is 1. The van der Waals surface area contributed by atoms with Gasteiger partial charge in [0.25, 0.3) is 0 Å². The summed E-state index contributed by atoms with van der Waals surface area (Å²) in [6.07, 6.45) is 3.92. The highest BCUT2D eigenvalue weighted by molar-refractivity contribution is 5.77. The van der Waals surface area contributed by atoms with Gasteiger partial charge in [-0.1, -0.05) is 19.4 Å². The van der Waals surface area contributed by atoms with Crippen LogP contribution in [0.5, 0.6) is 0 Å². The fourth-order valence-electron chi connectivity index (χ4n) is 3.75. The summed E-state index contributed by atoms with van der Waals surface area (Å²) >= 11 is 0. The molecule has 0 amide bonds. The van der Waals surface area contributed by atoms with Crippen molar-refractivity contribution in [1.29, 1.82) is 0 Å². The Hall–Kier alpha value is -1.35. The van der Waals surface area contributed by atoms with Gasteiger partial charge in [-0.3, -0.25) is 0 Å². The molecule has 1 fully saturated rings. The maximum Gasteiger partial charge on any atom is 0.113 e. The first kappa shape index (κ1) is 14.6. The van der Waals surface area contributed by atoms with Gasteiger partial charge in [-0.15, -0.1) is 0 Å². The van der Waals surface area contributed by atoms with E-state index in [-0.39, 0.29) is 5.54 Å². The Morgan fingerprint density at radius 3 is 2.62 bits per heavy atom. The van der Waals surface area contributed by atoms with Crippen molar-refractivity contribution < 1.29 is 0 Å². The Labute approximate surface area is 127 Å². The molecule has 21 heavy (non-hydrogen) atoms. The Bertz CT molecular complexity index is 648. The maximum atomic E-state index is 5.78. The van der Waals surface area contributed by atoms with Gasteiger partial charge in [-0.2, -0.15) is 0 Å². The summed E-state index contributed by atoms with van der Waals surface area (Å²) in [5, 5.41) is 0. The van der Waals surface area contributed by atoms with Gasteiger partial charge in [-0.05, 0) is 57.2 Å². The normalized spacial score (nSPS) is 23.1. The van der Waals surface area contributed by atoms with Crippen molar-refractivity contribution in [2.45, 2.75) is 65.0 Å². The van der Waals surface area contributed by atoms with E-state index in [2.05, 4.69) is 50.5 Å². The molecule has 1 aliphatic carbocycles. The first-order chi connectivity index (χ1) is 9.91. The summed E-state index contributed by atoms with van der Waals surface area (Å²) in [5.74, 6) is 2.60. The average Bonchev–Trinajstić information content (AvgIpc) is 2.99. The summed E-state index contributed by atoms with van der Waals surface area (Å²) in [6, 6.07) is 6.48. The van der Waals surface area contributed by atoms with E-state index < -0.39 is 0 Å². The van der Waals surface area contributed by atoms with Crippen LogP contribution in [-0.4, -0.2) is 9.55 Å². The minimum absolute atomic E-state index is 0.0522. The van der Waals surface area contributed by atoms with Crippen molar-refractivity contribution in [3.05, 3.63) is 29.6 Å². The molecule has 0 saturated heterocycles. The molecule has 1 saturated carbocycles. The van der Waals surface area contributed by atoms with Gasteiger partial charge in [0.05, 0.1) is 11.0 Å². The van der Waals surface area contributed by atoms with Crippen LogP contribution >= 0.6 is 0 Å².